The normalized spacial score (nSPS) is 31.1. The summed E-state index contributed by atoms with van der Waals surface area (Å²) >= 11 is 0. The first-order valence-electron chi connectivity index (χ1n) is 7.00. The molecule has 1 N–H and O–H groups in total. The Labute approximate surface area is 113 Å². The molecule has 0 aliphatic heterocycles. The molecule has 4 heteroatoms. The summed E-state index contributed by atoms with van der Waals surface area (Å²) in [7, 11) is 2.32. The fourth-order valence-corrected chi connectivity index (χ4v) is 3.63. The number of rotatable bonds is 9. The van der Waals surface area contributed by atoms with Gasteiger partial charge in [0.1, 0.15) is 0 Å². The van der Waals surface area contributed by atoms with Crippen LogP contribution in [0.2, 0.25) is 6.04 Å². The summed E-state index contributed by atoms with van der Waals surface area (Å²) in [4.78, 5) is 0. The number of fused-ring (bicyclic) bond motifs is 2. The summed E-state index contributed by atoms with van der Waals surface area (Å²) in [5.41, 5.74) is 0. The first-order valence-corrected chi connectivity index (χ1v) is 8.11. The molecule has 2 radical (unpaired) electrons. The van der Waals surface area contributed by atoms with Crippen molar-refractivity contribution in [2.75, 3.05) is 20.3 Å². The Kier molecular flexibility index (Phi) is 5.88. The molecule has 2 aliphatic rings. The van der Waals surface area contributed by atoms with Crippen LogP contribution in [0, 0.1) is 17.8 Å². The maximum atomic E-state index is 9.32. The Bertz CT molecular complexity index is 270. The van der Waals surface area contributed by atoms with Gasteiger partial charge in [-0.2, -0.15) is 0 Å². The molecule has 4 atom stereocenters. The Hall–Kier alpha value is -0.163. The molecule has 4 unspecified atom stereocenters. The summed E-state index contributed by atoms with van der Waals surface area (Å²) in [5, 5.41) is 9.32. The van der Waals surface area contributed by atoms with Crippen LogP contribution in [-0.4, -0.2) is 41.3 Å². The highest BCUT2D eigenvalue weighted by atomic mass is 28.2. The van der Waals surface area contributed by atoms with Crippen molar-refractivity contribution < 1.29 is 14.3 Å². The molecule has 2 aliphatic carbocycles. The standard InChI is InChI=1S/C14H24O3Si/c1-16-18-6-2-3-14(9-15)17-10-13-8-11-4-5-12(13)7-11/h4-5,11-15H,2-3,6-10H2,1H3. The quantitative estimate of drug-likeness (QED) is 0.395. The van der Waals surface area contributed by atoms with Gasteiger partial charge < -0.3 is 14.3 Å². The van der Waals surface area contributed by atoms with Crippen molar-refractivity contribution in [1.29, 1.82) is 0 Å². The van der Waals surface area contributed by atoms with Crippen LogP contribution < -0.4 is 0 Å². The van der Waals surface area contributed by atoms with Crippen LogP contribution in [0.5, 0.6) is 0 Å². The van der Waals surface area contributed by atoms with E-state index in [0.29, 0.717) is 15.7 Å². The average molecular weight is 268 g/mol. The Morgan fingerprint density at radius 3 is 2.89 bits per heavy atom. The smallest absolute Gasteiger partial charge is 0.229 e. The second-order valence-corrected chi connectivity index (χ2v) is 6.62. The minimum Gasteiger partial charge on any atom is -0.421 e. The molecule has 0 amide bonds. The summed E-state index contributed by atoms with van der Waals surface area (Å²) in [6.07, 6.45) is 9.37. The van der Waals surface area contributed by atoms with E-state index in [4.69, 9.17) is 9.16 Å². The third kappa shape index (κ3) is 3.92. The van der Waals surface area contributed by atoms with E-state index in [-0.39, 0.29) is 12.7 Å². The molecule has 0 heterocycles. The van der Waals surface area contributed by atoms with Gasteiger partial charge in [0.2, 0.25) is 9.76 Å². The van der Waals surface area contributed by atoms with Crippen molar-refractivity contribution in [3.8, 4) is 0 Å². The molecule has 3 nitrogen and oxygen atoms in total. The van der Waals surface area contributed by atoms with Crippen LogP contribution in [0.25, 0.3) is 0 Å². The van der Waals surface area contributed by atoms with Gasteiger partial charge in [0.05, 0.1) is 19.3 Å². The van der Waals surface area contributed by atoms with Gasteiger partial charge in [-0.15, -0.1) is 0 Å². The van der Waals surface area contributed by atoms with Crippen molar-refractivity contribution in [1.82, 2.24) is 0 Å². The molecular formula is C14H24O3Si. The van der Waals surface area contributed by atoms with E-state index in [2.05, 4.69) is 12.2 Å². The minimum atomic E-state index is 0.0229. The molecule has 0 saturated heterocycles. The van der Waals surface area contributed by atoms with E-state index in [1.54, 1.807) is 7.11 Å². The lowest BCUT2D eigenvalue weighted by Gasteiger charge is -2.22. The fraction of sp³-hybridized carbons (Fsp3) is 0.857. The molecule has 1 saturated carbocycles. The van der Waals surface area contributed by atoms with Gasteiger partial charge in [0.15, 0.2) is 0 Å². The largest absolute Gasteiger partial charge is 0.421 e. The molecule has 2 rings (SSSR count). The van der Waals surface area contributed by atoms with Crippen LogP contribution in [0.1, 0.15) is 25.7 Å². The van der Waals surface area contributed by atoms with Crippen LogP contribution in [0.4, 0.5) is 0 Å². The second kappa shape index (κ2) is 7.43. The number of ether oxygens (including phenoxy) is 1. The van der Waals surface area contributed by atoms with E-state index < -0.39 is 0 Å². The van der Waals surface area contributed by atoms with E-state index in [1.807, 2.05) is 0 Å². The second-order valence-electron chi connectivity index (χ2n) is 5.42. The van der Waals surface area contributed by atoms with Gasteiger partial charge in [0, 0.05) is 7.11 Å². The Morgan fingerprint density at radius 1 is 1.39 bits per heavy atom. The van der Waals surface area contributed by atoms with Gasteiger partial charge in [-0.05, 0) is 43.1 Å². The van der Waals surface area contributed by atoms with E-state index in [9.17, 15) is 5.11 Å². The van der Waals surface area contributed by atoms with Crippen molar-refractivity contribution >= 4 is 9.76 Å². The average Bonchev–Trinajstić information content (AvgIpc) is 3.00. The molecule has 0 aromatic rings. The van der Waals surface area contributed by atoms with Gasteiger partial charge in [-0.25, -0.2) is 0 Å². The number of hydrogen-bond acceptors (Lipinski definition) is 3. The lowest BCUT2D eigenvalue weighted by atomic mass is 9.94. The van der Waals surface area contributed by atoms with Crippen molar-refractivity contribution in [3.05, 3.63) is 12.2 Å². The number of aliphatic hydroxyl groups excluding tert-OH is 1. The van der Waals surface area contributed by atoms with E-state index >= 15 is 0 Å². The molecule has 18 heavy (non-hydrogen) atoms. The third-order valence-electron chi connectivity index (χ3n) is 4.12. The van der Waals surface area contributed by atoms with Crippen molar-refractivity contribution in [3.63, 3.8) is 0 Å². The van der Waals surface area contributed by atoms with Crippen LogP contribution >= 0.6 is 0 Å². The van der Waals surface area contributed by atoms with E-state index in [0.717, 1.165) is 37.3 Å². The van der Waals surface area contributed by atoms with Crippen LogP contribution in [0.15, 0.2) is 12.2 Å². The molecule has 0 aromatic heterocycles. The van der Waals surface area contributed by atoms with Gasteiger partial charge in [-0.3, -0.25) is 0 Å². The summed E-state index contributed by atoms with van der Waals surface area (Å²) < 4.78 is 10.9. The zero-order valence-corrected chi connectivity index (χ0v) is 12.2. The fourth-order valence-electron chi connectivity index (χ4n) is 3.08. The van der Waals surface area contributed by atoms with Gasteiger partial charge in [0.25, 0.3) is 0 Å². The zero-order chi connectivity index (χ0) is 12.8. The minimum absolute atomic E-state index is 0.0229. The summed E-state index contributed by atoms with van der Waals surface area (Å²) in [6.45, 7) is 0.968. The molecule has 2 bridgehead atoms. The Balaban J connectivity index is 1.60. The van der Waals surface area contributed by atoms with Gasteiger partial charge >= 0.3 is 0 Å². The zero-order valence-electron chi connectivity index (χ0n) is 11.2. The Morgan fingerprint density at radius 2 is 2.28 bits per heavy atom. The van der Waals surface area contributed by atoms with Gasteiger partial charge in [-0.1, -0.05) is 18.6 Å². The molecular weight excluding hydrogens is 244 g/mol. The monoisotopic (exact) mass is 268 g/mol. The predicted molar refractivity (Wildman–Crippen MR) is 72.5 cm³/mol. The SMILES string of the molecule is CO[Si]CCCC(CO)OCC1CC2C=CC1C2. The highest BCUT2D eigenvalue weighted by molar-refractivity contribution is 6.26. The first kappa shape index (κ1) is 14.3. The predicted octanol–water partition coefficient (Wildman–Crippen LogP) is 2.04. The highest BCUT2D eigenvalue weighted by Gasteiger charge is 2.35. The third-order valence-corrected chi connectivity index (χ3v) is 4.96. The molecule has 102 valence electrons. The van der Waals surface area contributed by atoms with Crippen molar-refractivity contribution in [2.24, 2.45) is 17.8 Å². The lowest BCUT2D eigenvalue weighted by molar-refractivity contribution is -0.0131. The van der Waals surface area contributed by atoms with E-state index in [1.165, 1.54) is 12.8 Å². The summed E-state index contributed by atoms with van der Waals surface area (Å²) in [5.74, 6) is 2.23. The van der Waals surface area contributed by atoms with Crippen LogP contribution in [-0.2, 0) is 9.16 Å². The highest BCUT2D eigenvalue weighted by Crippen LogP contribution is 2.43. The maximum absolute atomic E-state index is 9.32. The number of allylic oxidation sites excluding steroid dienone is 2. The maximum Gasteiger partial charge on any atom is 0.229 e. The summed E-state index contributed by atoms with van der Waals surface area (Å²) in [6, 6.07) is 1.08. The number of hydrogen-bond donors (Lipinski definition) is 1. The lowest BCUT2D eigenvalue weighted by Crippen LogP contribution is -2.23. The topological polar surface area (TPSA) is 38.7 Å². The first-order chi connectivity index (χ1) is 8.83. The molecule has 1 fully saturated rings. The number of aliphatic hydroxyl groups is 1. The van der Waals surface area contributed by atoms with Crippen molar-refractivity contribution in [2.45, 2.75) is 37.8 Å². The molecule has 0 aromatic carbocycles. The van der Waals surface area contributed by atoms with Crippen LogP contribution in [0.3, 0.4) is 0 Å². The molecule has 0 spiro atoms.